The predicted molar refractivity (Wildman–Crippen MR) is 68.3 cm³/mol. The van der Waals surface area contributed by atoms with Crippen molar-refractivity contribution in [2.24, 2.45) is 0 Å². The van der Waals surface area contributed by atoms with E-state index in [2.05, 4.69) is 28.4 Å². The lowest BCUT2D eigenvalue weighted by molar-refractivity contribution is 0.902. The van der Waals surface area contributed by atoms with E-state index in [1.54, 1.807) is 0 Å². The van der Waals surface area contributed by atoms with E-state index >= 15 is 0 Å². The van der Waals surface area contributed by atoms with Gasteiger partial charge >= 0.3 is 0 Å². The Labute approximate surface area is 95.7 Å². The van der Waals surface area contributed by atoms with E-state index in [-0.39, 0.29) is 0 Å². The summed E-state index contributed by atoms with van der Waals surface area (Å²) in [7, 11) is 0. The monoisotopic (exact) mass is 210 g/mol. The van der Waals surface area contributed by atoms with Gasteiger partial charge in [0.15, 0.2) is 0 Å². The Morgan fingerprint density at radius 1 is 1.19 bits per heavy atom. The summed E-state index contributed by atoms with van der Waals surface area (Å²) < 4.78 is 0. The van der Waals surface area contributed by atoms with Crippen molar-refractivity contribution < 1.29 is 0 Å². The Hall–Kier alpha value is -2.01. The van der Waals surface area contributed by atoms with Gasteiger partial charge in [-0.3, -0.25) is 0 Å². The molecule has 0 aliphatic heterocycles. The Morgan fingerprint density at radius 3 is 2.94 bits per heavy atom. The number of nitrogens with zero attached hydrogens (tertiary/aromatic N) is 1. The molecule has 0 fully saturated rings. The van der Waals surface area contributed by atoms with Gasteiger partial charge in [-0.15, -0.1) is 12.3 Å². The van der Waals surface area contributed by atoms with E-state index in [1.807, 2.05) is 24.3 Å². The molecule has 2 aromatic rings. The van der Waals surface area contributed by atoms with Crippen LogP contribution in [0.15, 0.2) is 36.4 Å². The van der Waals surface area contributed by atoms with Gasteiger partial charge in [0.05, 0.1) is 5.52 Å². The average Bonchev–Trinajstić information content (AvgIpc) is 2.34. The van der Waals surface area contributed by atoms with Crippen LogP contribution in [-0.4, -0.2) is 11.5 Å². The minimum atomic E-state index is 0.806. The molecule has 16 heavy (non-hydrogen) atoms. The summed E-state index contributed by atoms with van der Waals surface area (Å²) in [6, 6.07) is 12.2. The number of aromatic nitrogens is 1. The fraction of sp³-hybridized carbons (Fsp3) is 0.214. The third-order valence-corrected chi connectivity index (χ3v) is 2.40. The third-order valence-electron chi connectivity index (χ3n) is 2.40. The van der Waals surface area contributed by atoms with Crippen LogP contribution in [0.25, 0.3) is 10.9 Å². The molecule has 2 nitrogen and oxygen atoms in total. The molecule has 1 heterocycles. The topological polar surface area (TPSA) is 24.9 Å². The number of anilines is 1. The quantitative estimate of drug-likeness (QED) is 0.619. The first-order valence-corrected chi connectivity index (χ1v) is 5.43. The second-order valence-corrected chi connectivity index (χ2v) is 3.62. The standard InChI is InChI=1S/C14H14N2/c1-2-3-6-11-15-14-10-9-12-7-4-5-8-13(12)16-14/h1,4-5,7-10H,3,6,11H2,(H,15,16). The molecule has 80 valence electrons. The van der Waals surface area contributed by atoms with Gasteiger partial charge in [0, 0.05) is 18.4 Å². The Bertz CT molecular complexity index is 511. The summed E-state index contributed by atoms with van der Waals surface area (Å²) in [4.78, 5) is 4.51. The van der Waals surface area contributed by atoms with Crippen molar-refractivity contribution in [1.82, 2.24) is 4.98 Å². The fourth-order valence-electron chi connectivity index (χ4n) is 1.57. The first-order chi connectivity index (χ1) is 7.90. The van der Waals surface area contributed by atoms with Gasteiger partial charge in [-0.1, -0.05) is 18.2 Å². The highest BCUT2D eigenvalue weighted by atomic mass is 15.0. The van der Waals surface area contributed by atoms with E-state index in [1.165, 1.54) is 0 Å². The van der Waals surface area contributed by atoms with Crippen LogP contribution in [0, 0.1) is 12.3 Å². The molecule has 2 rings (SSSR count). The van der Waals surface area contributed by atoms with Crippen LogP contribution in [0.4, 0.5) is 5.82 Å². The summed E-state index contributed by atoms with van der Waals surface area (Å²) in [5.74, 6) is 3.54. The third kappa shape index (κ3) is 2.52. The van der Waals surface area contributed by atoms with Crippen LogP contribution < -0.4 is 5.32 Å². The lowest BCUT2D eigenvalue weighted by atomic mass is 10.2. The number of nitrogens with one attached hydrogen (secondary N) is 1. The molecule has 0 spiro atoms. The first kappa shape index (κ1) is 10.5. The second-order valence-electron chi connectivity index (χ2n) is 3.62. The van der Waals surface area contributed by atoms with Crippen LogP contribution in [0.5, 0.6) is 0 Å². The predicted octanol–water partition coefficient (Wildman–Crippen LogP) is 3.06. The molecule has 0 unspecified atom stereocenters. The Morgan fingerprint density at radius 2 is 2.06 bits per heavy atom. The van der Waals surface area contributed by atoms with Gasteiger partial charge in [0.25, 0.3) is 0 Å². The average molecular weight is 210 g/mol. The lowest BCUT2D eigenvalue weighted by Gasteiger charge is -2.05. The summed E-state index contributed by atoms with van der Waals surface area (Å²) >= 11 is 0. The fourth-order valence-corrected chi connectivity index (χ4v) is 1.57. The van der Waals surface area contributed by atoms with Crippen molar-refractivity contribution in [3.05, 3.63) is 36.4 Å². The number of fused-ring (bicyclic) bond motifs is 1. The molecular weight excluding hydrogens is 196 g/mol. The van der Waals surface area contributed by atoms with Crippen LogP contribution in [0.2, 0.25) is 0 Å². The molecule has 1 aromatic carbocycles. The van der Waals surface area contributed by atoms with Crippen molar-refractivity contribution in [3.63, 3.8) is 0 Å². The molecule has 1 N–H and O–H groups in total. The zero-order chi connectivity index (χ0) is 11.2. The van der Waals surface area contributed by atoms with E-state index in [4.69, 9.17) is 6.42 Å². The summed E-state index contributed by atoms with van der Waals surface area (Å²) in [6.45, 7) is 0.871. The molecule has 0 saturated carbocycles. The summed E-state index contributed by atoms with van der Waals surface area (Å²) in [5, 5.41) is 4.43. The molecule has 0 saturated heterocycles. The van der Waals surface area contributed by atoms with E-state index in [0.717, 1.165) is 36.1 Å². The highest BCUT2D eigenvalue weighted by molar-refractivity contribution is 5.79. The minimum Gasteiger partial charge on any atom is -0.370 e. The zero-order valence-electron chi connectivity index (χ0n) is 9.11. The summed E-state index contributed by atoms with van der Waals surface area (Å²) in [5.41, 5.74) is 1.02. The SMILES string of the molecule is C#CCCCNc1ccc2ccccc2n1. The Balaban J connectivity index is 2.05. The molecule has 0 atom stereocenters. The van der Waals surface area contributed by atoms with Crippen LogP contribution in [0.1, 0.15) is 12.8 Å². The lowest BCUT2D eigenvalue weighted by Crippen LogP contribution is -2.02. The second kappa shape index (κ2) is 5.18. The molecule has 0 bridgehead atoms. The van der Waals surface area contributed by atoms with Crippen LogP contribution in [-0.2, 0) is 0 Å². The van der Waals surface area contributed by atoms with Crippen molar-refractivity contribution >= 4 is 16.7 Å². The zero-order valence-corrected chi connectivity index (χ0v) is 9.11. The molecule has 0 aliphatic rings. The van der Waals surface area contributed by atoms with Crippen molar-refractivity contribution in [1.29, 1.82) is 0 Å². The van der Waals surface area contributed by atoms with Gasteiger partial charge in [0.1, 0.15) is 5.82 Å². The number of rotatable bonds is 4. The number of unbranched alkanes of at least 4 members (excludes halogenated alkanes) is 1. The summed E-state index contributed by atoms with van der Waals surface area (Å²) in [6.07, 6.45) is 6.97. The van der Waals surface area contributed by atoms with Crippen LogP contribution in [0.3, 0.4) is 0 Å². The molecular formula is C14H14N2. The molecule has 2 heteroatoms. The normalized spacial score (nSPS) is 9.94. The number of para-hydroxylation sites is 1. The molecule has 0 aliphatic carbocycles. The Kier molecular flexibility index (Phi) is 3.40. The number of terminal acetylenes is 1. The number of hydrogen-bond acceptors (Lipinski definition) is 2. The number of pyridine rings is 1. The first-order valence-electron chi connectivity index (χ1n) is 5.43. The molecule has 0 amide bonds. The number of benzene rings is 1. The smallest absolute Gasteiger partial charge is 0.126 e. The highest BCUT2D eigenvalue weighted by Crippen LogP contribution is 2.14. The largest absolute Gasteiger partial charge is 0.370 e. The van der Waals surface area contributed by atoms with Gasteiger partial charge in [0.2, 0.25) is 0 Å². The van der Waals surface area contributed by atoms with Gasteiger partial charge in [-0.05, 0) is 24.6 Å². The molecule has 0 radical (unpaired) electrons. The maximum Gasteiger partial charge on any atom is 0.126 e. The van der Waals surface area contributed by atoms with E-state index < -0.39 is 0 Å². The van der Waals surface area contributed by atoms with Gasteiger partial charge < -0.3 is 5.32 Å². The van der Waals surface area contributed by atoms with Crippen molar-refractivity contribution in [2.75, 3.05) is 11.9 Å². The molecule has 1 aromatic heterocycles. The van der Waals surface area contributed by atoms with Gasteiger partial charge in [-0.2, -0.15) is 0 Å². The van der Waals surface area contributed by atoms with Crippen molar-refractivity contribution in [2.45, 2.75) is 12.8 Å². The van der Waals surface area contributed by atoms with Crippen LogP contribution >= 0.6 is 0 Å². The van der Waals surface area contributed by atoms with Gasteiger partial charge in [-0.25, -0.2) is 4.98 Å². The maximum atomic E-state index is 5.19. The maximum absolute atomic E-state index is 5.19. The minimum absolute atomic E-state index is 0.806. The van der Waals surface area contributed by atoms with Crippen molar-refractivity contribution in [3.8, 4) is 12.3 Å². The van der Waals surface area contributed by atoms with E-state index in [0.29, 0.717) is 0 Å². The number of hydrogen-bond donors (Lipinski definition) is 1. The van der Waals surface area contributed by atoms with E-state index in [9.17, 15) is 0 Å². The highest BCUT2D eigenvalue weighted by Gasteiger charge is 1.96.